The summed E-state index contributed by atoms with van der Waals surface area (Å²) in [5.74, 6) is 0.536. The molecule has 1 atom stereocenters. The molecule has 1 rings (SSSR count). The van der Waals surface area contributed by atoms with Crippen LogP contribution in [-0.2, 0) is 0 Å². The number of benzene rings is 1. The Kier molecular flexibility index (Phi) is 4.31. The van der Waals surface area contributed by atoms with Crippen LogP contribution in [0.4, 0.5) is 0 Å². The molecule has 0 saturated heterocycles. The lowest BCUT2D eigenvalue weighted by Gasteiger charge is -2.11. The fourth-order valence-electron chi connectivity index (χ4n) is 1.46. The molecule has 0 heterocycles. The Bertz CT molecular complexity index is 255. The molecule has 0 spiro atoms. The molecular weight excluding hydrogens is 180 g/mol. The van der Waals surface area contributed by atoms with Gasteiger partial charge in [0.25, 0.3) is 0 Å². The van der Waals surface area contributed by atoms with Crippen LogP contribution in [0.5, 0.6) is 0 Å². The minimum atomic E-state index is 0.536. The zero-order valence-corrected chi connectivity index (χ0v) is 9.06. The normalized spacial score (nSPS) is 12.8. The lowest BCUT2D eigenvalue weighted by Crippen LogP contribution is -1.94. The second-order valence-electron chi connectivity index (χ2n) is 3.48. The molecule has 1 heteroatoms. The molecule has 0 aliphatic carbocycles. The second-order valence-corrected chi connectivity index (χ2v) is 3.88. The highest BCUT2D eigenvalue weighted by Crippen LogP contribution is 2.27. The lowest BCUT2D eigenvalue weighted by molar-refractivity contribution is 0.624. The molecule has 1 radical (unpaired) electrons. The molecule has 0 aliphatic rings. The number of hydrogen-bond donors (Lipinski definition) is 0. The Morgan fingerprint density at radius 3 is 2.92 bits per heavy atom. The summed E-state index contributed by atoms with van der Waals surface area (Å²) in [6, 6.07) is 9.02. The van der Waals surface area contributed by atoms with Crippen molar-refractivity contribution in [3.05, 3.63) is 34.9 Å². The van der Waals surface area contributed by atoms with Gasteiger partial charge in [-0.05, 0) is 30.0 Å². The molecule has 0 aromatic heterocycles. The van der Waals surface area contributed by atoms with Gasteiger partial charge < -0.3 is 0 Å². The van der Waals surface area contributed by atoms with E-state index in [1.807, 2.05) is 18.2 Å². The third-order valence-corrected chi connectivity index (χ3v) is 2.65. The van der Waals surface area contributed by atoms with Crippen molar-refractivity contribution in [2.45, 2.75) is 39.0 Å². The van der Waals surface area contributed by atoms with E-state index < -0.39 is 0 Å². The highest BCUT2D eigenvalue weighted by Gasteiger charge is 2.07. The number of unbranched alkanes of at least 4 members (excludes halogenated alkanes) is 1. The molecule has 0 N–H and O–H groups in total. The van der Waals surface area contributed by atoms with E-state index in [4.69, 9.17) is 11.6 Å². The largest absolute Gasteiger partial charge is 0.0840 e. The van der Waals surface area contributed by atoms with Crippen molar-refractivity contribution in [1.29, 1.82) is 0 Å². The van der Waals surface area contributed by atoms with Gasteiger partial charge in [0.05, 0.1) is 0 Å². The molecule has 0 saturated carbocycles. The maximum atomic E-state index is 6.07. The monoisotopic (exact) mass is 195 g/mol. The Hall–Kier alpha value is -0.490. The second kappa shape index (κ2) is 5.29. The van der Waals surface area contributed by atoms with Crippen LogP contribution in [0.2, 0.25) is 5.02 Å². The first-order valence-corrected chi connectivity index (χ1v) is 5.29. The number of halogens is 1. The minimum absolute atomic E-state index is 0.536. The van der Waals surface area contributed by atoms with Crippen molar-refractivity contribution >= 4 is 11.6 Å². The lowest BCUT2D eigenvalue weighted by atomic mass is 9.96. The highest BCUT2D eigenvalue weighted by molar-refractivity contribution is 6.31. The molecule has 13 heavy (non-hydrogen) atoms. The third-order valence-electron chi connectivity index (χ3n) is 2.32. The van der Waals surface area contributed by atoms with Crippen LogP contribution in [0.15, 0.2) is 18.2 Å². The van der Waals surface area contributed by atoms with Gasteiger partial charge in [-0.3, -0.25) is 0 Å². The van der Waals surface area contributed by atoms with E-state index in [9.17, 15) is 0 Å². The van der Waals surface area contributed by atoms with Crippen molar-refractivity contribution in [3.8, 4) is 0 Å². The first-order chi connectivity index (χ1) is 6.25. The van der Waals surface area contributed by atoms with Crippen LogP contribution in [0.1, 0.15) is 44.6 Å². The minimum Gasteiger partial charge on any atom is -0.0840 e. The fraction of sp³-hybridized carbons (Fsp3) is 0.500. The van der Waals surface area contributed by atoms with Crippen molar-refractivity contribution < 1.29 is 0 Å². The van der Waals surface area contributed by atoms with Crippen molar-refractivity contribution in [2.24, 2.45) is 0 Å². The average Bonchev–Trinajstić information content (AvgIpc) is 2.15. The maximum Gasteiger partial charge on any atom is 0.0446 e. The van der Waals surface area contributed by atoms with E-state index in [0.29, 0.717) is 5.92 Å². The SMILES string of the molecule is CCCCC(C)c1[c]cccc1Cl. The number of hydrogen-bond acceptors (Lipinski definition) is 0. The summed E-state index contributed by atoms with van der Waals surface area (Å²) in [5, 5.41) is 0.853. The van der Waals surface area contributed by atoms with Crippen LogP contribution < -0.4 is 0 Å². The van der Waals surface area contributed by atoms with Gasteiger partial charge in [-0.15, -0.1) is 0 Å². The molecule has 1 aromatic rings. The van der Waals surface area contributed by atoms with Crippen molar-refractivity contribution in [1.82, 2.24) is 0 Å². The first-order valence-electron chi connectivity index (χ1n) is 4.91. The average molecular weight is 196 g/mol. The predicted octanol–water partition coefficient (Wildman–Crippen LogP) is 4.43. The van der Waals surface area contributed by atoms with E-state index in [0.717, 1.165) is 10.6 Å². The summed E-state index contributed by atoms with van der Waals surface area (Å²) in [6.45, 7) is 4.43. The zero-order valence-electron chi connectivity index (χ0n) is 8.31. The molecular formula is C12H16Cl. The fourth-order valence-corrected chi connectivity index (χ4v) is 1.78. The summed E-state index contributed by atoms with van der Waals surface area (Å²) in [4.78, 5) is 0. The summed E-state index contributed by atoms with van der Waals surface area (Å²) >= 11 is 6.07. The summed E-state index contributed by atoms with van der Waals surface area (Å²) in [7, 11) is 0. The van der Waals surface area contributed by atoms with Crippen molar-refractivity contribution in [3.63, 3.8) is 0 Å². The Balaban J connectivity index is 2.65. The topological polar surface area (TPSA) is 0 Å². The molecule has 0 fully saturated rings. The molecule has 1 aromatic carbocycles. The first kappa shape index (κ1) is 10.6. The van der Waals surface area contributed by atoms with E-state index in [-0.39, 0.29) is 0 Å². The Morgan fingerprint density at radius 2 is 2.31 bits per heavy atom. The van der Waals surface area contributed by atoms with Crippen LogP contribution in [0, 0.1) is 6.07 Å². The smallest absolute Gasteiger partial charge is 0.0446 e. The molecule has 0 bridgehead atoms. The van der Waals surface area contributed by atoms with Gasteiger partial charge in [0, 0.05) is 5.02 Å². The molecule has 71 valence electrons. The van der Waals surface area contributed by atoms with Gasteiger partial charge in [-0.2, -0.15) is 0 Å². The highest BCUT2D eigenvalue weighted by atomic mass is 35.5. The van der Waals surface area contributed by atoms with Gasteiger partial charge in [-0.25, -0.2) is 0 Å². The number of rotatable bonds is 4. The molecule has 0 aliphatic heterocycles. The van der Waals surface area contributed by atoms with E-state index in [1.54, 1.807) is 0 Å². The zero-order chi connectivity index (χ0) is 9.68. The van der Waals surface area contributed by atoms with Crippen molar-refractivity contribution in [2.75, 3.05) is 0 Å². The third kappa shape index (κ3) is 3.04. The van der Waals surface area contributed by atoms with Gasteiger partial charge in [0.2, 0.25) is 0 Å². The Morgan fingerprint density at radius 1 is 1.54 bits per heavy atom. The molecule has 0 nitrogen and oxygen atoms in total. The summed E-state index contributed by atoms with van der Waals surface area (Å²) in [6.07, 6.45) is 3.71. The van der Waals surface area contributed by atoms with Crippen LogP contribution in [0.25, 0.3) is 0 Å². The molecule has 1 unspecified atom stereocenters. The van der Waals surface area contributed by atoms with E-state index in [2.05, 4.69) is 19.9 Å². The standard InChI is InChI=1S/C12H16Cl/c1-3-4-7-10(2)11-8-5-6-9-12(11)13/h5-6,9-10H,3-4,7H2,1-2H3. The quantitative estimate of drug-likeness (QED) is 0.667. The van der Waals surface area contributed by atoms with Gasteiger partial charge in [0.15, 0.2) is 0 Å². The van der Waals surface area contributed by atoms with Crippen LogP contribution in [-0.4, -0.2) is 0 Å². The van der Waals surface area contributed by atoms with E-state index in [1.165, 1.54) is 19.3 Å². The van der Waals surface area contributed by atoms with Crippen LogP contribution >= 0.6 is 11.6 Å². The molecule has 0 amide bonds. The maximum absolute atomic E-state index is 6.07. The Labute approximate surface area is 85.9 Å². The van der Waals surface area contributed by atoms with Gasteiger partial charge in [0.1, 0.15) is 0 Å². The van der Waals surface area contributed by atoms with Crippen LogP contribution in [0.3, 0.4) is 0 Å². The predicted molar refractivity (Wildman–Crippen MR) is 58.2 cm³/mol. The van der Waals surface area contributed by atoms with E-state index >= 15 is 0 Å². The van der Waals surface area contributed by atoms with Gasteiger partial charge >= 0.3 is 0 Å². The summed E-state index contributed by atoms with van der Waals surface area (Å²) < 4.78 is 0. The van der Waals surface area contributed by atoms with Gasteiger partial charge in [-0.1, -0.05) is 50.4 Å². The summed E-state index contributed by atoms with van der Waals surface area (Å²) in [5.41, 5.74) is 1.16.